The number of hydrogen-bond donors (Lipinski definition) is 1. The highest BCUT2D eigenvalue weighted by atomic mass is 16.5. The molecule has 0 bridgehead atoms. The average molecular weight is 728 g/mol. The number of carbonyl (C=O) groups is 3. The van der Waals surface area contributed by atoms with E-state index < -0.39 is 11.6 Å². The number of aryl methyl sites for hydroxylation is 3. The molecule has 54 heavy (non-hydrogen) atoms. The van der Waals surface area contributed by atoms with Gasteiger partial charge in [0.05, 0.1) is 11.5 Å². The molecule has 8 heteroatoms. The van der Waals surface area contributed by atoms with Crippen LogP contribution in [0.2, 0.25) is 0 Å². The smallest absolute Gasteiger partial charge is 0.311 e. The van der Waals surface area contributed by atoms with Crippen LogP contribution in [-0.4, -0.2) is 28.3 Å². The van der Waals surface area contributed by atoms with E-state index in [-0.39, 0.29) is 35.0 Å². The van der Waals surface area contributed by atoms with E-state index in [1.807, 2.05) is 115 Å². The number of para-hydroxylation sites is 1. The van der Waals surface area contributed by atoms with Gasteiger partial charge in [-0.2, -0.15) is 5.26 Å². The summed E-state index contributed by atoms with van der Waals surface area (Å²) < 4.78 is 11.4. The van der Waals surface area contributed by atoms with Crippen LogP contribution >= 0.6 is 0 Å². The zero-order chi connectivity index (χ0) is 39.8. The summed E-state index contributed by atoms with van der Waals surface area (Å²) in [4.78, 5) is 38.4. The predicted octanol–water partition coefficient (Wildman–Crippen LogP) is 10.3. The highest BCUT2D eigenvalue weighted by molar-refractivity contribution is 5.99. The van der Waals surface area contributed by atoms with Crippen molar-refractivity contribution in [1.29, 1.82) is 5.26 Å². The van der Waals surface area contributed by atoms with Gasteiger partial charge in [0.2, 0.25) is 6.10 Å². The fourth-order valence-electron chi connectivity index (χ4n) is 6.33. The monoisotopic (exact) mass is 727 g/mol. The van der Waals surface area contributed by atoms with E-state index in [9.17, 15) is 19.6 Å². The Balaban J connectivity index is 0.000000241. The molecule has 0 heterocycles. The van der Waals surface area contributed by atoms with Crippen LogP contribution in [0.1, 0.15) is 104 Å². The quantitative estimate of drug-likeness (QED) is 0.104. The van der Waals surface area contributed by atoms with Crippen molar-refractivity contribution in [3.05, 3.63) is 142 Å². The van der Waals surface area contributed by atoms with Gasteiger partial charge in [-0.15, -0.1) is 0 Å². The molecular weight excluding hydrogens is 675 g/mol. The highest BCUT2D eigenvalue weighted by Crippen LogP contribution is 2.60. The molecule has 2 amide bonds. The van der Waals surface area contributed by atoms with E-state index >= 15 is 0 Å². The fourth-order valence-corrected chi connectivity index (χ4v) is 6.33. The first-order valence-electron chi connectivity index (χ1n) is 18.3. The van der Waals surface area contributed by atoms with E-state index in [4.69, 9.17) is 9.47 Å². The summed E-state index contributed by atoms with van der Waals surface area (Å²) in [5.74, 6) is 0.388. The van der Waals surface area contributed by atoms with Crippen LogP contribution in [0.5, 0.6) is 11.5 Å². The van der Waals surface area contributed by atoms with Gasteiger partial charge in [-0.05, 0) is 120 Å². The number of hydrogen-bond acceptors (Lipinski definition) is 6. The molecule has 0 radical (unpaired) electrons. The number of benzene rings is 4. The minimum absolute atomic E-state index is 0.146. The molecule has 1 N–H and O–H groups in total. The van der Waals surface area contributed by atoms with Crippen LogP contribution in [0, 0.1) is 42.4 Å². The molecule has 0 aliphatic heterocycles. The van der Waals surface area contributed by atoms with Crippen LogP contribution in [0.15, 0.2) is 109 Å². The van der Waals surface area contributed by atoms with Crippen molar-refractivity contribution in [2.24, 2.45) is 17.3 Å². The van der Waals surface area contributed by atoms with Crippen LogP contribution in [-0.2, 0) is 16.0 Å². The first-order valence-corrected chi connectivity index (χ1v) is 18.3. The molecule has 4 aromatic rings. The molecule has 8 nitrogen and oxygen atoms in total. The number of nitriles is 1. The second-order valence-electron chi connectivity index (χ2n) is 15.7. The molecule has 3 atom stereocenters. The number of amides is 2. The third-order valence-corrected chi connectivity index (χ3v) is 9.35. The largest absolute Gasteiger partial charge is 0.457 e. The molecule has 1 aliphatic carbocycles. The Labute approximate surface area is 320 Å². The molecule has 5 rings (SSSR count). The van der Waals surface area contributed by atoms with Crippen LogP contribution in [0.3, 0.4) is 0 Å². The van der Waals surface area contributed by atoms with Gasteiger partial charge in [0.1, 0.15) is 17.6 Å². The number of nitrogens with zero attached hydrogens (tertiary/aromatic N) is 2. The van der Waals surface area contributed by atoms with Crippen molar-refractivity contribution in [2.45, 2.75) is 87.3 Å². The lowest BCUT2D eigenvalue weighted by Crippen LogP contribution is -2.55. The Kier molecular flexibility index (Phi) is 13.3. The molecule has 1 aliphatic rings. The Morgan fingerprint density at radius 2 is 1.48 bits per heavy atom. The maximum Gasteiger partial charge on any atom is 0.311 e. The Morgan fingerprint density at radius 1 is 0.870 bits per heavy atom. The second-order valence-corrected chi connectivity index (χ2v) is 15.7. The lowest BCUT2D eigenvalue weighted by molar-refractivity contribution is -0.149. The lowest BCUT2D eigenvalue weighted by Gasteiger charge is -2.35. The van der Waals surface area contributed by atoms with Crippen molar-refractivity contribution in [3.63, 3.8) is 0 Å². The SMILES string of the molecule is CC(C)=CC1C(C(=O)OC(C#N)c2cccc(Oc3ccccc3)c2)C1(C)C.CCc1ccc(C(=O)NN(C(=O)c2cc(C)cc(C)c2)C(C)(C)C)cc1. The van der Waals surface area contributed by atoms with E-state index in [0.717, 1.165) is 17.5 Å². The summed E-state index contributed by atoms with van der Waals surface area (Å²) in [6.45, 7) is 19.8. The number of carbonyl (C=O) groups excluding carboxylic acids is 3. The number of esters is 1. The predicted molar refractivity (Wildman–Crippen MR) is 213 cm³/mol. The van der Waals surface area contributed by atoms with Gasteiger partial charge < -0.3 is 9.47 Å². The first kappa shape index (κ1) is 41.1. The Hall–Kier alpha value is -5.68. The number of ether oxygens (including phenoxy) is 2. The highest BCUT2D eigenvalue weighted by Gasteiger charge is 2.61. The van der Waals surface area contributed by atoms with Gasteiger partial charge in [-0.25, -0.2) is 5.01 Å². The third kappa shape index (κ3) is 10.7. The molecule has 1 saturated carbocycles. The third-order valence-electron chi connectivity index (χ3n) is 9.35. The van der Waals surface area contributed by atoms with E-state index in [1.54, 1.807) is 30.3 Å². The molecule has 1 fully saturated rings. The average Bonchev–Trinajstić information content (AvgIpc) is 3.66. The van der Waals surface area contributed by atoms with Crippen molar-refractivity contribution in [2.75, 3.05) is 0 Å². The maximum absolute atomic E-state index is 13.1. The number of rotatable bonds is 9. The van der Waals surface area contributed by atoms with E-state index in [2.05, 4.69) is 38.3 Å². The van der Waals surface area contributed by atoms with Gasteiger partial charge in [-0.3, -0.25) is 19.8 Å². The normalized spacial score (nSPS) is 15.9. The Morgan fingerprint density at radius 3 is 2.04 bits per heavy atom. The maximum atomic E-state index is 13.1. The molecule has 0 saturated heterocycles. The summed E-state index contributed by atoms with van der Waals surface area (Å²) in [7, 11) is 0. The molecule has 282 valence electrons. The minimum atomic E-state index is -0.962. The van der Waals surface area contributed by atoms with Gasteiger partial charge in [0.25, 0.3) is 11.8 Å². The molecular formula is C46H53N3O5. The standard InChI is InChI=1S/C24H25NO3.C22H28N2O2/c1-16(2)13-20-22(24(20,3)4)23(26)28-21(15-25)17-9-8-12-19(14-17)27-18-10-6-5-7-11-18;1-7-17-8-10-18(11-9-17)20(25)23-24(22(4,5)6)21(26)19-13-15(2)12-16(3)14-19/h5-14,20-22H,1-4H3;8-14H,7H2,1-6H3,(H,23,25). The van der Waals surface area contributed by atoms with E-state index in [0.29, 0.717) is 28.2 Å². The van der Waals surface area contributed by atoms with Gasteiger partial charge in [0.15, 0.2) is 0 Å². The zero-order valence-corrected chi connectivity index (χ0v) is 33.2. The van der Waals surface area contributed by atoms with E-state index in [1.165, 1.54) is 16.1 Å². The minimum Gasteiger partial charge on any atom is -0.457 e. The summed E-state index contributed by atoms with van der Waals surface area (Å²) in [6, 6.07) is 31.7. The summed E-state index contributed by atoms with van der Waals surface area (Å²) in [6.07, 6.45) is 2.07. The molecule has 3 unspecified atom stereocenters. The topological polar surface area (TPSA) is 109 Å². The van der Waals surface area contributed by atoms with Crippen molar-refractivity contribution in [3.8, 4) is 17.6 Å². The van der Waals surface area contributed by atoms with Gasteiger partial charge >= 0.3 is 5.97 Å². The number of hydrazine groups is 1. The number of nitrogens with one attached hydrogen (secondary N) is 1. The molecule has 4 aromatic carbocycles. The van der Waals surface area contributed by atoms with Crippen LogP contribution in [0.25, 0.3) is 0 Å². The van der Waals surface area contributed by atoms with Gasteiger partial charge in [0, 0.05) is 16.7 Å². The zero-order valence-electron chi connectivity index (χ0n) is 33.2. The molecule has 0 spiro atoms. The van der Waals surface area contributed by atoms with Gasteiger partial charge in [-0.1, -0.05) is 92.1 Å². The van der Waals surface area contributed by atoms with Crippen LogP contribution in [0.4, 0.5) is 0 Å². The van der Waals surface area contributed by atoms with Crippen molar-refractivity contribution >= 4 is 17.8 Å². The summed E-state index contributed by atoms with van der Waals surface area (Å²) in [5, 5.41) is 11.0. The first-order chi connectivity index (χ1) is 25.4. The number of allylic oxidation sites excluding steroid dienone is 2. The fraction of sp³-hybridized carbons (Fsp3) is 0.348. The lowest BCUT2D eigenvalue weighted by atomic mass is 10.0. The molecule has 0 aromatic heterocycles. The van der Waals surface area contributed by atoms with Crippen molar-refractivity contribution < 1.29 is 23.9 Å². The summed E-state index contributed by atoms with van der Waals surface area (Å²) in [5.41, 5.74) is 8.16. The summed E-state index contributed by atoms with van der Waals surface area (Å²) >= 11 is 0. The second kappa shape index (κ2) is 17.4. The van der Waals surface area contributed by atoms with Crippen molar-refractivity contribution in [1.82, 2.24) is 10.4 Å². The van der Waals surface area contributed by atoms with Crippen LogP contribution < -0.4 is 10.2 Å². The Bertz CT molecular complexity index is 2000.